The molecule has 0 spiro atoms. The predicted molar refractivity (Wildman–Crippen MR) is 104 cm³/mol. The zero-order valence-corrected chi connectivity index (χ0v) is 15.7. The summed E-state index contributed by atoms with van der Waals surface area (Å²) in [5, 5.41) is 6.44. The SMILES string of the molecule is CC(C)c1cccc(C(C)C)c1NC(=O)CCNCc1cccnc1. The molecule has 0 atom stereocenters. The molecule has 0 aliphatic heterocycles. The van der Waals surface area contributed by atoms with Crippen LogP contribution in [0.25, 0.3) is 0 Å². The van der Waals surface area contributed by atoms with Crippen LogP contribution in [0.15, 0.2) is 42.7 Å². The summed E-state index contributed by atoms with van der Waals surface area (Å²) >= 11 is 0. The first-order valence-electron chi connectivity index (χ1n) is 9.01. The minimum atomic E-state index is 0.0497. The zero-order valence-electron chi connectivity index (χ0n) is 15.7. The van der Waals surface area contributed by atoms with Gasteiger partial charge in [0.05, 0.1) is 0 Å². The van der Waals surface area contributed by atoms with E-state index in [0.717, 1.165) is 17.8 Å². The Bertz CT molecular complexity index is 655. The van der Waals surface area contributed by atoms with Crippen molar-refractivity contribution in [2.45, 2.75) is 52.5 Å². The zero-order chi connectivity index (χ0) is 18.2. The minimum absolute atomic E-state index is 0.0497. The third-order valence-electron chi connectivity index (χ3n) is 4.22. The molecule has 0 aliphatic carbocycles. The number of nitrogens with zero attached hydrogens (tertiary/aromatic N) is 1. The van der Waals surface area contributed by atoms with E-state index >= 15 is 0 Å². The Balaban J connectivity index is 1.93. The molecular formula is C21H29N3O. The molecule has 0 unspecified atom stereocenters. The van der Waals surface area contributed by atoms with Crippen LogP contribution in [0.5, 0.6) is 0 Å². The van der Waals surface area contributed by atoms with E-state index in [1.165, 1.54) is 11.1 Å². The molecule has 0 radical (unpaired) electrons. The first-order valence-corrected chi connectivity index (χ1v) is 9.01. The maximum Gasteiger partial charge on any atom is 0.225 e. The largest absolute Gasteiger partial charge is 0.326 e. The van der Waals surface area contributed by atoms with Crippen molar-refractivity contribution in [1.29, 1.82) is 0 Å². The average molecular weight is 339 g/mol. The van der Waals surface area contributed by atoms with E-state index in [1.807, 2.05) is 18.3 Å². The lowest BCUT2D eigenvalue weighted by molar-refractivity contribution is -0.116. The van der Waals surface area contributed by atoms with Crippen molar-refractivity contribution in [2.75, 3.05) is 11.9 Å². The number of benzene rings is 1. The van der Waals surface area contributed by atoms with Gasteiger partial charge in [-0.2, -0.15) is 0 Å². The van der Waals surface area contributed by atoms with Crippen LogP contribution < -0.4 is 10.6 Å². The molecule has 0 aliphatic rings. The Kier molecular flexibility index (Phi) is 7.14. The van der Waals surface area contributed by atoms with Gasteiger partial charge in [-0.3, -0.25) is 9.78 Å². The molecule has 134 valence electrons. The molecule has 2 aromatic rings. The van der Waals surface area contributed by atoms with Gasteiger partial charge in [0.15, 0.2) is 0 Å². The molecule has 0 saturated heterocycles. The number of aromatic nitrogens is 1. The number of para-hydroxylation sites is 1. The summed E-state index contributed by atoms with van der Waals surface area (Å²) < 4.78 is 0. The molecule has 0 bridgehead atoms. The fourth-order valence-electron chi connectivity index (χ4n) is 2.83. The quantitative estimate of drug-likeness (QED) is 0.699. The Labute approximate surface area is 151 Å². The molecule has 0 saturated carbocycles. The van der Waals surface area contributed by atoms with Crippen molar-refractivity contribution >= 4 is 11.6 Å². The van der Waals surface area contributed by atoms with Gasteiger partial charge in [0, 0.05) is 37.6 Å². The van der Waals surface area contributed by atoms with Gasteiger partial charge in [-0.25, -0.2) is 0 Å². The summed E-state index contributed by atoms with van der Waals surface area (Å²) in [6, 6.07) is 10.2. The monoisotopic (exact) mass is 339 g/mol. The Hall–Kier alpha value is -2.20. The van der Waals surface area contributed by atoms with E-state index in [4.69, 9.17) is 0 Å². The van der Waals surface area contributed by atoms with Gasteiger partial charge in [-0.15, -0.1) is 0 Å². The summed E-state index contributed by atoms with van der Waals surface area (Å²) in [6.07, 6.45) is 4.04. The van der Waals surface area contributed by atoms with Gasteiger partial charge in [-0.1, -0.05) is 52.0 Å². The number of rotatable bonds is 8. The third-order valence-corrected chi connectivity index (χ3v) is 4.22. The van der Waals surface area contributed by atoms with Gasteiger partial charge in [-0.05, 0) is 34.6 Å². The summed E-state index contributed by atoms with van der Waals surface area (Å²) in [5.41, 5.74) is 4.51. The number of hydrogen-bond acceptors (Lipinski definition) is 3. The van der Waals surface area contributed by atoms with Gasteiger partial charge < -0.3 is 10.6 Å². The highest BCUT2D eigenvalue weighted by Gasteiger charge is 2.15. The van der Waals surface area contributed by atoms with E-state index in [-0.39, 0.29) is 5.91 Å². The molecule has 4 heteroatoms. The second kappa shape index (κ2) is 9.33. The topological polar surface area (TPSA) is 54.0 Å². The highest BCUT2D eigenvalue weighted by atomic mass is 16.1. The standard InChI is InChI=1S/C21H29N3O/c1-15(2)18-8-5-9-19(16(3)4)21(18)24-20(25)10-12-23-14-17-7-6-11-22-13-17/h5-9,11,13,15-16,23H,10,12,14H2,1-4H3,(H,24,25). The molecule has 1 heterocycles. The Morgan fingerprint density at radius 1 is 1.04 bits per heavy atom. The molecule has 0 fully saturated rings. The smallest absolute Gasteiger partial charge is 0.225 e. The van der Waals surface area contributed by atoms with Crippen LogP contribution in [0.2, 0.25) is 0 Å². The van der Waals surface area contributed by atoms with Crippen LogP contribution in [0, 0.1) is 0 Å². The molecule has 2 N–H and O–H groups in total. The molecule has 1 aromatic carbocycles. The third kappa shape index (κ3) is 5.68. The van der Waals surface area contributed by atoms with E-state index in [0.29, 0.717) is 24.8 Å². The molecule has 1 amide bonds. The Morgan fingerprint density at radius 3 is 2.28 bits per heavy atom. The van der Waals surface area contributed by atoms with Crippen molar-refractivity contribution in [3.63, 3.8) is 0 Å². The Morgan fingerprint density at radius 2 is 1.72 bits per heavy atom. The van der Waals surface area contributed by atoms with E-state index in [9.17, 15) is 4.79 Å². The number of pyridine rings is 1. The fourth-order valence-corrected chi connectivity index (χ4v) is 2.83. The van der Waals surface area contributed by atoms with Gasteiger partial charge >= 0.3 is 0 Å². The summed E-state index contributed by atoms with van der Waals surface area (Å²) in [4.78, 5) is 16.5. The second-order valence-corrected chi connectivity index (χ2v) is 6.96. The number of anilines is 1. The van der Waals surface area contributed by atoms with Crippen LogP contribution in [0.4, 0.5) is 5.69 Å². The average Bonchev–Trinajstić information content (AvgIpc) is 2.59. The van der Waals surface area contributed by atoms with Crippen molar-refractivity contribution in [3.05, 3.63) is 59.4 Å². The van der Waals surface area contributed by atoms with Crippen LogP contribution in [0.3, 0.4) is 0 Å². The van der Waals surface area contributed by atoms with E-state index in [2.05, 4.69) is 61.5 Å². The van der Waals surface area contributed by atoms with Crippen molar-refractivity contribution in [1.82, 2.24) is 10.3 Å². The molecule has 25 heavy (non-hydrogen) atoms. The maximum absolute atomic E-state index is 12.4. The maximum atomic E-state index is 12.4. The summed E-state index contributed by atoms with van der Waals surface area (Å²) in [6.45, 7) is 9.99. The van der Waals surface area contributed by atoms with E-state index < -0.39 is 0 Å². The second-order valence-electron chi connectivity index (χ2n) is 6.96. The normalized spacial score (nSPS) is 11.1. The molecule has 1 aromatic heterocycles. The van der Waals surface area contributed by atoms with E-state index in [1.54, 1.807) is 6.20 Å². The first kappa shape index (κ1) is 19.1. The number of carbonyl (C=O) groups is 1. The van der Waals surface area contributed by atoms with Gasteiger partial charge in [0.2, 0.25) is 5.91 Å². The molecule has 2 rings (SSSR count). The number of hydrogen-bond donors (Lipinski definition) is 2. The molecular weight excluding hydrogens is 310 g/mol. The fraction of sp³-hybridized carbons (Fsp3) is 0.429. The minimum Gasteiger partial charge on any atom is -0.326 e. The van der Waals surface area contributed by atoms with Crippen molar-refractivity contribution in [3.8, 4) is 0 Å². The highest BCUT2D eigenvalue weighted by molar-refractivity contribution is 5.92. The summed E-state index contributed by atoms with van der Waals surface area (Å²) in [7, 11) is 0. The lowest BCUT2D eigenvalue weighted by Gasteiger charge is -2.20. The van der Waals surface area contributed by atoms with Crippen LogP contribution in [0.1, 0.15) is 62.6 Å². The van der Waals surface area contributed by atoms with Gasteiger partial charge in [0.25, 0.3) is 0 Å². The predicted octanol–water partition coefficient (Wildman–Crippen LogP) is 4.45. The van der Waals surface area contributed by atoms with Crippen molar-refractivity contribution < 1.29 is 4.79 Å². The van der Waals surface area contributed by atoms with Crippen LogP contribution in [-0.2, 0) is 11.3 Å². The number of nitrogens with one attached hydrogen (secondary N) is 2. The molecule has 4 nitrogen and oxygen atoms in total. The lowest BCUT2D eigenvalue weighted by atomic mass is 9.92. The van der Waals surface area contributed by atoms with Gasteiger partial charge in [0.1, 0.15) is 0 Å². The van der Waals surface area contributed by atoms with Crippen LogP contribution in [-0.4, -0.2) is 17.4 Å². The summed E-state index contributed by atoms with van der Waals surface area (Å²) in [5.74, 6) is 0.795. The first-order chi connectivity index (χ1) is 12.0. The number of amides is 1. The number of carbonyl (C=O) groups excluding carboxylic acids is 1. The van der Waals surface area contributed by atoms with Crippen molar-refractivity contribution in [2.24, 2.45) is 0 Å². The van der Waals surface area contributed by atoms with Crippen LogP contribution >= 0.6 is 0 Å². The lowest BCUT2D eigenvalue weighted by Crippen LogP contribution is -2.22. The highest BCUT2D eigenvalue weighted by Crippen LogP contribution is 2.32.